The fourth-order valence-corrected chi connectivity index (χ4v) is 1.81. The van der Waals surface area contributed by atoms with E-state index in [0.29, 0.717) is 19.5 Å². The first kappa shape index (κ1) is 13.2. The van der Waals surface area contributed by atoms with Crippen LogP contribution in [0.5, 0.6) is 0 Å². The van der Waals surface area contributed by atoms with Crippen LogP contribution in [-0.4, -0.2) is 53.5 Å². The minimum atomic E-state index is -4.72. The summed E-state index contributed by atoms with van der Waals surface area (Å²) in [5.41, 5.74) is 0. The third-order valence-electron chi connectivity index (χ3n) is 2.76. The lowest BCUT2D eigenvalue weighted by atomic mass is 10.1. The normalized spacial score (nSPS) is 24.6. The zero-order valence-electron chi connectivity index (χ0n) is 8.57. The molecule has 0 aromatic heterocycles. The van der Waals surface area contributed by atoms with E-state index in [1.807, 2.05) is 0 Å². The van der Waals surface area contributed by atoms with Gasteiger partial charge in [0.05, 0.1) is 0 Å². The first-order chi connectivity index (χ1) is 7.34. The first-order valence-electron chi connectivity index (χ1n) is 4.97. The van der Waals surface area contributed by atoms with Crippen LogP contribution in [0.25, 0.3) is 0 Å². The Bertz CT molecular complexity index is 257. The highest BCUT2D eigenvalue weighted by Gasteiger charge is 2.46. The number of nitrogens with zero attached hydrogens (tertiary/aromatic N) is 1. The van der Waals surface area contributed by atoms with E-state index in [-0.39, 0.29) is 12.5 Å². The van der Waals surface area contributed by atoms with Crippen molar-refractivity contribution in [3.63, 3.8) is 0 Å². The van der Waals surface area contributed by atoms with Crippen LogP contribution in [0.2, 0.25) is 0 Å². The molecule has 2 atom stereocenters. The topological polar surface area (TPSA) is 60.8 Å². The van der Waals surface area contributed by atoms with Gasteiger partial charge in [0.25, 0.3) is 0 Å². The van der Waals surface area contributed by atoms with Crippen molar-refractivity contribution in [1.29, 1.82) is 0 Å². The highest BCUT2D eigenvalue weighted by molar-refractivity contribution is 5.71. The number of aliphatic hydroxyl groups is 1. The van der Waals surface area contributed by atoms with Gasteiger partial charge >= 0.3 is 12.1 Å². The summed E-state index contributed by atoms with van der Waals surface area (Å²) >= 11 is 0. The van der Waals surface area contributed by atoms with E-state index in [4.69, 9.17) is 10.2 Å². The number of aliphatic hydroxyl groups excluding tert-OH is 1. The van der Waals surface area contributed by atoms with Crippen molar-refractivity contribution >= 4 is 5.97 Å². The Morgan fingerprint density at radius 2 is 2.12 bits per heavy atom. The minimum Gasteiger partial charge on any atom is -0.481 e. The summed E-state index contributed by atoms with van der Waals surface area (Å²) in [4.78, 5) is 11.9. The summed E-state index contributed by atoms with van der Waals surface area (Å²) in [7, 11) is 0. The Balaban J connectivity index is 2.54. The number of likely N-dealkylation sites (tertiary alicyclic amines) is 1. The summed E-state index contributed by atoms with van der Waals surface area (Å²) in [6, 6.07) is 0. The van der Waals surface area contributed by atoms with Crippen molar-refractivity contribution in [2.24, 2.45) is 11.8 Å². The Morgan fingerprint density at radius 3 is 2.50 bits per heavy atom. The van der Waals surface area contributed by atoms with Crippen molar-refractivity contribution < 1.29 is 28.2 Å². The molecule has 16 heavy (non-hydrogen) atoms. The van der Waals surface area contributed by atoms with Gasteiger partial charge in [-0.2, -0.15) is 13.2 Å². The smallest absolute Gasteiger partial charge is 0.403 e. The van der Waals surface area contributed by atoms with E-state index in [9.17, 15) is 18.0 Å². The second-order valence-corrected chi connectivity index (χ2v) is 4.03. The second kappa shape index (κ2) is 5.01. The van der Waals surface area contributed by atoms with Crippen LogP contribution in [0, 0.1) is 11.8 Å². The van der Waals surface area contributed by atoms with Gasteiger partial charge in [-0.05, 0) is 18.9 Å². The zero-order chi connectivity index (χ0) is 12.3. The van der Waals surface area contributed by atoms with Gasteiger partial charge in [-0.3, -0.25) is 4.79 Å². The molecular weight excluding hydrogens is 227 g/mol. The van der Waals surface area contributed by atoms with E-state index in [2.05, 4.69) is 0 Å². The Morgan fingerprint density at radius 1 is 1.50 bits per heavy atom. The molecule has 7 heteroatoms. The van der Waals surface area contributed by atoms with Gasteiger partial charge in [-0.1, -0.05) is 0 Å². The van der Waals surface area contributed by atoms with Crippen molar-refractivity contribution in [3.8, 4) is 0 Å². The lowest BCUT2D eigenvalue weighted by Crippen LogP contribution is -2.40. The number of rotatable bonds is 4. The third-order valence-corrected chi connectivity index (χ3v) is 2.76. The lowest BCUT2D eigenvalue weighted by Gasteiger charge is -2.22. The third kappa shape index (κ3) is 3.34. The molecule has 1 aliphatic heterocycles. The number of carboxylic acids is 1. The average molecular weight is 241 g/mol. The van der Waals surface area contributed by atoms with Gasteiger partial charge in [0.15, 0.2) is 5.92 Å². The summed E-state index contributed by atoms with van der Waals surface area (Å²) in [6.45, 7) is 0.136. The summed E-state index contributed by atoms with van der Waals surface area (Å²) < 4.78 is 37.0. The first-order valence-corrected chi connectivity index (χ1v) is 4.97. The minimum absolute atomic E-state index is 0.0392. The van der Waals surface area contributed by atoms with Crippen LogP contribution in [0.4, 0.5) is 13.2 Å². The molecule has 4 nitrogen and oxygen atoms in total. The molecule has 0 aromatic rings. The fraction of sp³-hybridized carbons (Fsp3) is 0.889. The van der Waals surface area contributed by atoms with Gasteiger partial charge in [-0.25, -0.2) is 0 Å². The molecule has 2 unspecified atom stereocenters. The van der Waals surface area contributed by atoms with Crippen LogP contribution in [-0.2, 0) is 4.79 Å². The number of carbonyl (C=O) groups is 1. The molecule has 2 N–H and O–H groups in total. The van der Waals surface area contributed by atoms with Gasteiger partial charge < -0.3 is 15.1 Å². The SMILES string of the molecule is O=C(O)C(CN1CCC(CO)C1)C(F)(F)F. The second-order valence-electron chi connectivity index (χ2n) is 4.03. The molecule has 0 aliphatic carbocycles. The maximum Gasteiger partial charge on any atom is 0.403 e. The highest BCUT2D eigenvalue weighted by atomic mass is 19.4. The standard InChI is InChI=1S/C9H14F3NO3/c10-9(11,12)7(8(15)16)4-13-2-1-6(3-13)5-14/h6-7,14H,1-5H2,(H,15,16). The van der Waals surface area contributed by atoms with Crippen molar-refractivity contribution in [3.05, 3.63) is 0 Å². The molecule has 0 spiro atoms. The van der Waals surface area contributed by atoms with E-state index in [0.717, 1.165) is 0 Å². The quantitative estimate of drug-likeness (QED) is 0.755. The number of carboxylic acid groups (broad SMARTS) is 1. The molecule has 1 rings (SSSR count). The molecule has 1 heterocycles. The van der Waals surface area contributed by atoms with E-state index >= 15 is 0 Å². The van der Waals surface area contributed by atoms with Gasteiger partial charge in [-0.15, -0.1) is 0 Å². The van der Waals surface area contributed by atoms with Crippen LogP contribution in [0.3, 0.4) is 0 Å². The molecule has 0 bridgehead atoms. The van der Waals surface area contributed by atoms with Crippen LogP contribution in [0.15, 0.2) is 0 Å². The largest absolute Gasteiger partial charge is 0.481 e. The van der Waals surface area contributed by atoms with Crippen molar-refractivity contribution in [2.75, 3.05) is 26.2 Å². The predicted molar refractivity (Wildman–Crippen MR) is 48.8 cm³/mol. The van der Waals surface area contributed by atoms with Crippen molar-refractivity contribution in [2.45, 2.75) is 12.6 Å². The van der Waals surface area contributed by atoms with E-state index in [1.165, 1.54) is 4.90 Å². The number of hydrogen-bond acceptors (Lipinski definition) is 3. The number of hydrogen-bond donors (Lipinski definition) is 2. The monoisotopic (exact) mass is 241 g/mol. The Hall–Kier alpha value is -0.820. The molecule has 0 saturated carbocycles. The fourth-order valence-electron chi connectivity index (χ4n) is 1.81. The molecule has 0 aromatic carbocycles. The maximum absolute atomic E-state index is 12.3. The molecule has 0 radical (unpaired) electrons. The summed E-state index contributed by atoms with van der Waals surface area (Å²) in [5.74, 6) is -4.23. The van der Waals surface area contributed by atoms with E-state index < -0.39 is 24.6 Å². The molecule has 1 fully saturated rings. The lowest BCUT2D eigenvalue weighted by molar-refractivity contribution is -0.196. The number of alkyl halides is 3. The average Bonchev–Trinajstić information content (AvgIpc) is 2.59. The van der Waals surface area contributed by atoms with Crippen molar-refractivity contribution in [1.82, 2.24) is 4.90 Å². The molecule has 0 amide bonds. The van der Waals surface area contributed by atoms with Gasteiger partial charge in [0, 0.05) is 19.7 Å². The predicted octanol–water partition coefficient (Wildman–Crippen LogP) is 0.564. The maximum atomic E-state index is 12.3. The molecule has 1 saturated heterocycles. The summed E-state index contributed by atoms with van der Waals surface area (Å²) in [5, 5.41) is 17.3. The Kier molecular flexibility index (Phi) is 4.15. The number of halogens is 3. The number of aliphatic carboxylic acids is 1. The molecular formula is C9H14F3NO3. The Labute approximate surface area is 90.7 Å². The highest BCUT2D eigenvalue weighted by Crippen LogP contribution is 2.28. The van der Waals surface area contributed by atoms with Gasteiger partial charge in [0.2, 0.25) is 0 Å². The van der Waals surface area contributed by atoms with Crippen LogP contribution >= 0.6 is 0 Å². The van der Waals surface area contributed by atoms with Crippen LogP contribution < -0.4 is 0 Å². The molecule has 1 aliphatic rings. The molecule has 94 valence electrons. The van der Waals surface area contributed by atoms with Crippen LogP contribution in [0.1, 0.15) is 6.42 Å². The summed E-state index contributed by atoms with van der Waals surface area (Å²) in [6.07, 6.45) is -4.11. The van der Waals surface area contributed by atoms with Gasteiger partial charge in [0.1, 0.15) is 0 Å². The zero-order valence-corrected chi connectivity index (χ0v) is 8.57. The van der Waals surface area contributed by atoms with E-state index in [1.54, 1.807) is 0 Å².